The van der Waals surface area contributed by atoms with E-state index in [9.17, 15) is 0 Å². The van der Waals surface area contributed by atoms with Crippen LogP contribution in [-0.2, 0) is 0 Å². The Balaban J connectivity index is 1.95. The molecule has 4 nitrogen and oxygen atoms in total. The number of hydrogen-bond donors (Lipinski definition) is 0. The molecule has 1 heterocycles. The van der Waals surface area contributed by atoms with Crippen molar-refractivity contribution in [3.8, 4) is 22.8 Å². The lowest BCUT2D eigenvalue weighted by Crippen LogP contribution is -2.03. The zero-order valence-electron chi connectivity index (χ0n) is 17.0. The maximum atomic E-state index is 6.19. The molecule has 29 heavy (non-hydrogen) atoms. The average molecular weight is 385 g/mol. The van der Waals surface area contributed by atoms with Crippen molar-refractivity contribution in [3.63, 3.8) is 0 Å². The second-order valence-electron chi connectivity index (χ2n) is 7.02. The lowest BCUT2D eigenvalue weighted by molar-refractivity contribution is 0.355. The van der Waals surface area contributed by atoms with Crippen LogP contribution in [-0.4, -0.2) is 14.2 Å². The van der Waals surface area contributed by atoms with Gasteiger partial charge in [-0.25, -0.2) is 4.99 Å². The second kappa shape index (κ2) is 7.84. The Kier molecular flexibility index (Phi) is 5.09. The summed E-state index contributed by atoms with van der Waals surface area (Å²) in [6, 6.07) is 22.0. The minimum Gasteiger partial charge on any atom is -0.493 e. The molecule has 4 rings (SSSR count). The van der Waals surface area contributed by atoms with Crippen LogP contribution in [0.1, 0.15) is 11.1 Å². The highest BCUT2D eigenvalue weighted by Crippen LogP contribution is 2.32. The fourth-order valence-electron chi connectivity index (χ4n) is 3.50. The van der Waals surface area contributed by atoms with Crippen molar-refractivity contribution in [2.45, 2.75) is 13.8 Å². The fourth-order valence-corrected chi connectivity index (χ4v) is 3.50. The smallest absolute Gasteiger partial charge is 0.161 e. The highest BCUT2D eigenvalue weighted by Gasteiger charge is 2.10. The fraction of sp³-hybridized carbons (Fsp3) is 0.160. The van der Waals surface area contributed by atoms with E-state index < -0.39 is 0 Å². The van der Waals surface area contributed by atoms with Gasteiger partial charge in [-0.3, -0.25) is 0 Å². The summed E-state index contributed by atoms with van der Waals surface area (Å²) < 4.78 is 17.0. The monoisotopic (exact) mass is 385 g/mol. The van der Waals surface area contributed by atoms with E-state index in [0.29, 0.717) is 17.3 Å². The Hall–Kier alpha value is -3.53. The van der Waals surface area contributed by atoms with Gasteiger partial charge in [0.25, 0.3) is 0 Å². The summed E-state index contributed by atoms with van der Waals surface area (Å²) in [5, 5.41) is 1.83. The van der Waals surface area contributed by atoms with Gasteiger partial charge >= 0.3 is 0 Å². The Bertz CT molecular complexity index is 1230. The van der Waals surface area contributed by atoms with Crippen molar-refractivity contribution < 1.29 is 13.9 Å². The largest absolute Gasteiger partial charge is 0.493 e. The van der Waals surface area contributed by atoms with Crippen LogP contribution in [0, 0.1) is 13.8 Å². The first-order valence-corrected chi connectivity index (χ1v) is 9.45. The maximum absolute atomic E-state index is 6.19. The summed E-state index contributed by atoms with van der Waals surface area (Å²) in [6.45, 7) is 4.17. The highest BCUT2D eigenvalue weighted by atomic mass is 16.5. The van der Waals surface area contributed by atoms with E-state index in [1.54, 1.807) is 14.2 Å². The van der Waals surface area contributed by atoms with Gasteiger partial charge in [0.05, 0.1) is 25.3 Å². The van der Waals surface area contributed by atoms with Gasteiger partial charge < -0.3 is 13.9 Å². The molecule has 0 fully saturated rings. The molecule has 4 heteroatoms. The third-order valence-corrected chi connectivity index (χ3v) is 4.77. The van der Waals surface area contributed by atoms with Crippen molar-refractivity contribution in [1.29, 1.82) is 0 Å². The lowest BCUT2D eigenvalue weighted by atomic mass is 10.1. The Morgan fingerprint density at radius 1 is 0.759 bits per heavy atom. The topological polar surface area (TPSA) is 44.0 Å². The SMILES string of the molecule is COc1ccc(-c2cc(=Nc3cc(C)cc(C)c3)c3ccccc3o2)cc1OC. The van der Waals surface area contributed by atoms with Crippen LogP contribution >= 0.6 is 0 Å². The lowest BCUT2D eigenvalue weighted by Gasteiger charge is -2.10. The number of para-hydroxylation sites is 1. The number of nitrogens with zero attached hydrogens (tertiary/aromatic N) is 1. The molecular weight excluding hydrogens is 362 g/mol. The van der Waals surface area contributed by atoms with E-state index in [1.807, 2.05) is 48.5 Å². The molecule has 0 bridgehead atoms. The maximum Gasteiger partial charge on any atom is 0.161 e. The van der Waals surface area contributed by atoms with Crippen molar-refractivity contribution in [3.05, 3.63) is 83.2 Å². The molecule has 1 aromatic heterocycles. The minimum atomic E-state index is 0.654. The van der Waals surface area contributed by atoms with Crippen LogP contribution in [0.4, 0.5) is 5.69 Å². The number of hydrogen-bond acceptors (Lipinski definition) is 4. The number of methoxy groups -OCH3 is 2. The van der Waals surface area contributed by atoms with E-state index in [4.69, 9.17) is 18.9 Å². The molecule has 0 N–H and O–H groups in total. The number of rotatable bonds is 4. The third-order valence-electron chi connectivity index (χ3n) is 4.77. The third kappa shape index (κ3) is 3.87. The Morgan fingerprint density at radius 3 is 2.21 bits per heavy atom. The predicted molar refractivity (Wildman–Crippen MR) is 116 cm³/mol. The van der Waals surface area contributed by atoms with E-state index in [2.05, 4.69) is 32.0 Å². The van der Waals surface area contributed by atoms with Gasteiger partial charge in [0.1, 0.15) is 11.3 Å². The van der Waals surface area contributed by atoms with Crippen molar-refractivity contribution in [1.82, 2.24) is 0 Å². The van der Waals surface area contributed by atoms with Gasteiger partial charge in [0, 0.05) is 17.0 Å². The quantitative estimate of drug-likeness (QED) is 0.435. The van der Waals surface area contributed by atoms with Gasteiger partial charge in [-0.1, -0.05) is 18.2 Å². The highest BCUT2D eigenvalue weighted by molar-refractivity contribution is 5.79. The summed E-state index contributed by atoms with van der Waals surface area (Å²) in [7, 11) is 3.25. The summed E-state index contributed by atoms with van der Waals surface area (Å²) >= 11 is 0. The number of aryl methyl sites for hydroxylation is 2. The van der Waals surface area contributed by atoms with Gasteiger partial charge in [-0.05, 0) is 67.4 Å². The predicted octanol–water partition coefficient (Wildman–Crippen LogP) is 5.97. The second-order valence-corrected chi connectivity index (χ2v) is 7.02. The number of fused-ring (bicyclic) bond motifs is 1. The molecule has 0 aliphatic carbocycles. The molecule has 0 unspecified atom stereocenters. The Morgan fingerprint density at radius 2 is 1.48 bits per heavy atom. The van der Waals surface area contributed by atoms with Crippen LogP contribution in [0.2, 0.25) is 0 Å². The molecule has 0 spiro atoms. The van der Waals surface area contributed by atoms with Crippen molar-refractivity contribution in [2.75, 3.05) is 14.2 Å². The summed E-state index contributed by atoms with van der Waals surface area (Å²) in [4.78, 5) is 4.94. The van der Waals surface area contributed by atoms with Gasteiger partial charge in [-0.15, -0.1) is 0 Å². The molecule has 4 aromatic rings. The van der Waals surface area contributed by atoms with Crippen LogP contribution < -0.4 is 14.8 Å². The molecule has 3 aromatic carbocycles. The molecule has 0 amide bonds. The number of benzene rings is 3. The molecule has 0 radical (unpaired) electrons. The summed E-state index contributed by atoms with van der Waals surface area (Å²) in [6.07, 6.45) is 0. The molecular formula is C25H23NO3. The van der Waals surface area contributed by atoms with Crippen LogP contribution in [0.5, 0.6) is 11.5 Å². The first-order valence-electron chi connectivity index (χ1n) is 9.45. The van der Waals surface area contributed by atoms with Crippen LogP contribution in [0.15, 0.2) is 76.1 Å². The van der Waals surface area contributed by atoms with E-state index in [1.165, 1.54) is 11.1 Å². The van der Waals surface area contributed by atoms with Gasteiger partial charge in [-0.2, -0.15) is 0 Å². The number of ether oxygens (including phenoxy) is 2. The summed E-state index contributed by atoms with van der Waals surface area (Å²) in [5.41, 5.74) is 4.98. The normalized spacial score (nSPS) is 11.7. The van der Waals surface area contributed by atoms with Crippen molar-refractivity contribution in [2.24, 2.45) is 4.99 Å². The van der Waals surface area contributed by atoms with Crippen LogP contribution in [0.25, 0.3) is 22.3 Å². The average Bonchev–Trinajstić information content (AvgIpc) is 2.72. The molecule has 146 valence electrons. The van der Waals surface area contributed by atoms with E-state index in [-0.39, 0.29) is 0 Å². The van der Waals surface area contributed by atoms with Gasteiger partial charge in [0.2, 0.25) is 0 Å². The Labute approximate surface area is 170 Å². The van der Waals surface area contributed by atoms with E-state index >= 15 is 0 Å². The standard InChI is InChI=1S/C25H23NO3/c1-16-11-17(2)13-19(12-16)26-21-15-24(29-22-8-6-5-7-20(21)22)18-9-10-23(27-3)25(14-18)28-4/h5-15H,1-4H3. The van der Waals surface area contributed by atoms with Crippen molar-refractivity contribution >= 4 is 16.7 Å². The molecule has 0 atom stereocenters. The zero-order chi connectivity index (χ0) is 20.4. The first-order chi connectivity index (χ1) is 14.1. The first kappa shape index (κ1) is 18.8. The zero-order valence-corrected chi connectivity index (χ0v) is 17.0. The molecule has 0 saturated heterocycles. The molecule has 0 aliphatic heterocycles. The minimum absolute atomic E-state index is 0.654. The van der Waals surface area contributed by atoms with E-state index in [0.717, 1.165) is 27.6 Å². The molecule has 0 aliphatic rings. The van der Waals surface area contributed by atoms with Gasteiger partial charge in [0.15, 0.2) is 11.5 Å². The summed E-state index contributed by atoms with van der Waals surface area (Å²) in [5.74, 6) is 2.05. The van der Waals surface area contributed by atoms with Crippen LogP contribution in [0.3, 0.4) is 0 Å². The molecule has 0 saturated carbocycles.